The van der Waals surface area contributed by atoms with Gasteiger partial charge in [0.2, 0.25) is 0 Å². The minimum absolute atomic E-state index is 0.481. The summed E-state index contributed by atoms with van der Waals surface area (Å²) in [5, 5.41) is 4.24. The van der Waals surface area contributed by atoms with Crippen molar-refractivity contribution in [1.82, 2.24) is 5.16 Å². The lowest BCUT2D eigenvalue weighted by Gasteiger charge is -1.98. The van der Waals surface area contributed by atoms with Crippen LogP contribution in [0.25, 0.3) is 0 Å². The third-order valence-corrected chi connectivity index (χ3v) is 2.29. The SMILES string of the molecule is O=Cc1cnoc1Cc1cccc(Cl)c1. The van der Waals surface area contributed by atoms with Crippen LogP contribution in [0.3, 0.4) is 0 Å². The maximum atomic E-state index is 10.6. The molecule has 0 atom stereocenters. The predicted octanol–water partition coefficient (Wildman–Crippen LogP) is 2.73. The maximum absolute atomic E-state index is 10.6. The predicted molar refractivity (Wildman–Crippen MR) is 56.1 cm³/mol. The molecule has 0 aliphatic rings. The lowest BCUT2D eigenvalue weighted by Crippen LogP contribution is -1.90. The quantitative estimate of drug-likeness (QED) is 0.749. The van der Waals surface area contributed by atoms with Gasteiger partial charge in [0, 0.05) is 11.4 Å². The van der Waals surface area contributed by atoms with Gasteiger partial charge in [0.1, 0.15) is 0 Å². The molecule has 0 aliphatic carbocycles. The van der Waals surface area contributed by atoms with E-state index < -0.39 is 0 Å². The number of aromatic nitrogens is 1. The number of hydrogen-bond donors (Lipinski definition) is 0. The number of carbonyl (C=O) groups is 1. The first-order chi connectivity index (χ1) is 7.29. The Hall–Kier alpha value is -1.61. The molecular weight excluding hydrogens is 214 g/mol. The van der Waals surface area contributed by atoms with Gasteiger partial charge >= 0.3 is 0 Å². The van der Waals surface area contributed by atoms with Crippen LogP contribution in [-0.4, -0.2) is 11.4 Å². The average molecular weight is 222 g/mol. The molecule has 0 radical (unpaired) electrons. The number of halogens is 1. The summed E-state index contributed by atoms with van der Waals surface area (Å²) in [5.41, 5.74) is 1.47. The van der Waals surface area contributed by atoms with Crippen LogP contribution < -0.4 is 0 Å². The van der Waals surface area contributed by atoms with E-state index in [-0.39, 0.29) is 0 Å². The summed E-state index contributed by atoms with van der Waals surface area (Å²) in [4.78, 5) is 10.6. The zero-order valence-electron chi connectivity index (χ0n) is 7.81. The molecule has 0 saturated heterocycles. The standard InChI is InChI=1S/C11H8ClNO2/c12-10-3-1-2-8(4-10)5-11-9(7-14)6-13-15-11/h1-4,6-7H,5H2. The van der Waals surface area contributed by atoms with E-state index in [1.165, 1.54) is 6.20 Å². The van der Waals surface area contributed by atoms with Gasteiger partial charge in [-0.25, -0.2) is 0 Å². The summed E-state index contributed by atoms with van der Waals surface area (Å²) in [5.74, 6) is 0.562. The smallest absolute Gasteiger partial charge is 0.155 e. The molecule has 0 N–H and O–H groups in total. The first kappa shape index (κ1) is 9.93. The average Bonchev–Trinajstić information content (AvgIpc) is 2.65. The Morgan fingerprint density at radius 1 is 1.47 bits per heavy atom. The Bertz CT molecular complexity index is 479. The molecule has 2 rings (SSSR count). The van der Waals surface area contributed by atoms with Gasteiger partial charge in [0.05, 0.1) is 11.8 Å². The van der Waals surface area contributed by atoms with E-state index in [9.17, 15) is 4.79 Å². The summed E-state index contributed by atoms with van der Waals surface area (Å²) in [7, 11) is 0. The van der Waals surface area contributed by atoms with E-state index in [1.807, 2.05) is 18.2 Å². The largest absolute Gasteiger partial charge is 0.360 e. The highest BCUT2D eigenvalue weighted by Gasteiger charge is 2.07. The van der Waals surface area contributed by atoms with Crippen LogP contribution in [-0.2, 0) is 6.42 Å². The second-order valence-corrected chi connectivity index (χ2v) is 3.57. The van der Waals surface area contributed by atoms with Crippen LogP contribution in [0.15, 0.2) is 35.0 Å². The molecule has 1 aromatic heterocycles. The van der Waals surface area contributed by atoms with Gasteiger partial charge in [-0.2, -0.15) is 0 Å². The van der Waals surface area contributed by atoms with Gasteiger partial charge in [-0.05, 0) is 17.7 Å². The highest BCUT2D eigenvalue weighted by atomic mass is 35.5. The van der Waals surface area contributed by atoms with Gasteiger partial charge in [-0.3, -0.25) is 4.79 Å². The molecule has 1 heterocycles. The second kappa shape index (κ2) is 4.28. The Labute approximate surface area is 91.6 Å². The molecule has 0 amide bonds. The Morgan fingerprint density at radius 3 is 3.07 bits per heavy atom. The van der Waals surface area contributed by atoms with E-state index in [0.29, 0.717) is 22.8 Å². The van der Waals surface area contributed by atoms with E-state index in [1.54, 1.807) is 6.07 Å². The molecule has 76 valence electrons. The summed E-state index contributed by atoms with van der Waals surface area (Å²) in [6.07, 6.45) is 2.66. The van der Waals surface area contributed by atoms with Crippen LogP contribution in [0.4, 0.5) is 0 Å². The van der Waals surface area contributed by atoms with Crippen molar-refractivity contribution >= 4 is 17.9 Å². The molecule has 15 heavy (non-hydrogen) atoms. The highest BCUT2D eigenvalue weighted by molar-refractivity contribution is 6.30. The van der Waals surface area contributed by atoms with E-state index in [0.717, 1.165) is 11.8 Å². The Balaban J connectivity index is 2.25. The first-order valence-corrected chi connectivity index (χ1v) is 4.80. The molecule has 0 saturated carbocycles. The van der Waals surface area contributed by atoms with Crippen molar-refractivity contribution in [2.45, 2.75) is 6.42 Å². The lowest BCUT2D eigenvalue weighted by molar-refractivity contribution is 0.112. The zero-order valence-corrected chi connectivity index (χ0v) is 8.57. The van der Waals surface area contributed by atoms with Crippen LogP contribution in [0.2, 0.25) is 5.02 Å². The molecule has 0 bridgehead atoms. The molecular formula is C11H8ClNO2. The fourth-order valence-corrected chi connectivity index (χ4v) is 1.55. The number of benzene rings is 1. The van der Waals surface area contributed by atoms with Crippen LogP contribution in [0.1, 0.15) is 21.7 Å². The van der Waals surface area contributed by atoms with Crippen molar-refractivity contribution in [2.75, 3.05) is 0 Å². The van der Waals surface area contributed by atoms with Crippen LogP contribution in [0.5, 0.6) is 0 Å². The minimum Gasteiger partial charge on any atom is -0.360 e. The summed E-state index contributed by atoms with van der Waals surface area (Å²) < 4.78 is 4.97. The third kappa shape index (κ3) is 2.25. The second-order valence-electron chi connectivity index (χ2n) is 3.13. The summed E-state index contributed by atoms with van der Waals surface area (Å²) >= 11 is 5.84. The number of hydrogen-bond acceptors (Lipinski definition) is 3. The van der Waals surface area contributed by atoms with Crippen LogP contribution >= 0.6 is 11.6 Å². The summed E-state index contributed by atoms with van der Waals surface area (Å²) in [6.45, 7) is 0. The van der Waals surface area contributed by atoms with Crippen molar-refractivity contribution in [3.63, 3.8) is 0 Å². The Kier molecular flexibility index (Phi) is 2.83. The normalized spacial score (nSPS) is 10.2. The van der Waals surface area contributed by atoms with E-state index in [2.05, 4.69) is 5.16 Å². The van der Waals surface area contributed by atoms with Crippen molar-refractivity contribution in [2.24, 2.45) is 0 Å². The number of aldehydes is 1. The molecule has 4 heteroatoms. The Morgan fingerprint density at radius 2 is 2.33 bits per heavy atom. The van der Waals surface area contributed by atoms with Crippen molar-refractivity contribution < 1.29 is 9.32 Å². The molecule has 3 nitrogen and oxygen atoms in total. The fraction of sp³-hybridized carbons (Fsp3) is 0.0909. The first-order valence-electron chi connectivity index (χ1n) is 4.43. The van der Waals surface area contributed by atoms with E-state index in [4.69, 9.17) is 16.1 Å². The molecule has 1 aromatic carbocycles. The molecule has 0 unspecified atom stereocenters. The molecule has 0 fully saturated rings. The molecule has 0 spiro atoms. The van der Waals surface area contributed by atoms with Crippen LogP contribution in [0, 0.1) is 0 Å². The van der Waals surface area contributed by atoms with Crippen molar-refractivity contribution in [3.05, 3.63) is 52.4 Å². The molecule has 0 aliphatic heterocycles. The van der Waals surface area contributed by atoms with Gasteiger partial charge in [-0.15, -0.1) is 0 Å². The van der Waals surface area contributed by atoms with Gasteiger partial charge < -0.3 is 4.52 Å². The maximum Gasteiger partial charge on any atom is 0.155 e. The number of rotatable bonds is 3. The fourth-order valence-electron chi connectivity index (χ4n) is 1.33. The lowest BCUT2D eigenvalue weighted by atomic mass is 10.1. The highest BCUT2D eigenvalue weighted by Crippen LogP contribution is 2.16. The monoisotopic (exact) mass is 221 g/mol. The van der Waals surface area contributed by atoms with E-state index >= 15 is 0 Å². The van der Waals surface area contributed by atoms with Gasteiger partial charge in [0.15, 0.2) is 12.0 Å². The topological polar surface area (TPSA) is 43.1 Å². The van der Waals surface area contributed by atoms with Gasteiger partial charge in [-0.1, -0.05) is 28.9 Å². The molecule has 2 aromatic rings. The third-order valence-electron chi connectivity index (χ3n) is 2.06. The van der Waals surface area contributed by atoms with Gasteiger partial charge in [0.25, 0.3) is 0 Å². The minimum atomic E-state index is 0.481. The van der Waals surface area contributed by atoms with Crippen molar-refractivity contribution in [1.29, 1.82) is 0 Å². The number of carbonyl (C=O) groups excluding carboxylic acids is 1. The van der Waals surface area contributed by atoms with Crippen molar-refractivity contribution in [3.8, 4) is 0 Å². The zero-order chi connectivity index (χ0) is 10.7. The number of nitrogens with zero attached hydrogens (tertiary/aromatic N) is 1. The summed E-state index contributed by atoms with van der Waals surface area (Å²) in [6, 6.07) is 7.41.